The van der Waals surface area contributed by atoms with Gasteiger partial charge in [0.05, 0.1) is 28.8 Å². The molecule has 2 N–H and O–H groups in total. The molecule has 0 saturated carbocycles. The fourth-order valence-corrected chi connectivity index (χ4v) is 3.30. The lowest BCUT2D eigenvalue weighted by molar-refractivity contribution is 0.189. The van der Waals surface area contributed by atoms with Gasteiger partial charge in [0.15, 0.2) is 5.82 Å². The van der Waals surface area contributed by atoms with E-state index in [0.717, 1.165) is 34.0 Å². The summed E-state index contributed by atoms with van der Waals surface area (Å²) in [6.07, 6.45) is 6.61. The van der Waals surface area contributed by atoms with Crippen LogP contribution in [0, 0.1) is 0 Å². The second-order valence-corrected chi connectivity index (χ2v) is 6.02. The van der Waals surface area contributed by atoms with Crippen LogP contribution in [0.5, 0.6) is 0 Å². The van der Waals surface area contributed by atoms with Gasteiger partial charge in [-0.05, 0) is 30.3 Å². The molecule has 0 aliphatic carbocycles. The van der Waals surface area contributed by atoms with Gasteiger partial charge in [-0.3, -0.25) is 4.90 Å². The van der Waals surface area contributed by atoms with Gasteiger partial charge in [-0.25, -0.2) is 9.50 Å². The van der Waals surface area contributed by atoms with E-state index in [-0.39, 0.29) is 0 Å². The Balaban J connectivity index is 1.68. The summed E-state index contributed by atoms with van der Waals surface area (Å²) in [5.74, 6) is 0.724. The number of aromatic nitrogens is 4. The first-order chi connectivity index (χ1) is 12.2. The summed E-state index contributed by atoms with van der Waals surface area (Å²) < 4.78 is 1.83. The lowest BCUT2D eigenvalue weighted by Crippen LogP contribution is -2.38. The molecule has 5 heterocycles. The number of fused-ring (bicyclic) bond motifs is 2. The van der Waals surface area contributed by atoms with Gasteiger partial charge in [-0.1, -0.05) is 6.07 Å². The quantitative estimate of drug-likeness (QED) is 0.590. The van der Waals surface area contributed by atoms with Gasteiger partial charge in [-0.15, -0.1) is 0 Å². The van der Waals surface area contributed by atoms with Crippen LogP contribution in [0.2, 0.25) is 0 Å². The van der Waals surface area contributed by atoms with Crippen LogP contribution in [0.3, 0.4) is 0 Å². The van der Waals surface area contributed by atoms with E-state index in [4.69, 9.17) is 4.98 Å². The molecule has 0 saturated heterocycles. The fraction of sp³-hybridized carbons (Fsp3) is 0.111. The highest BCUT2D eigenvalue weighted by Crippen LogP contribution is 2.42. The second kappa shape index (κ2) is 5.09. The second-order valence-electron chi connectivity index (χ2n) is 6.02. The number of aliphatic hydroxyl groups is 1. The summed E-state index contributed by atoms with van der Waals surface area (Å²) >= 11 is 0. The van der Waals surface area contributed by atoms with Crippen molar-refractivity contribution in [2.45, 2.75) is 6.35 Å². The van der Waals surface area contributed by atoms with Gasteiger partial charge in [0.1, 0.15) is 0 Å². The van der Waals surface area contributed by atoms with E-state index in [1.807, 2.05) is 72.7 Å². The highest BCUT2D eigenvalue weighted by atomic mass is 16.3. The highest BCUT2D eigenvalue weighted by Gasteiger charge is 2.35. The van der Waals surface area contributed by atoms with Gasteiger partial charge in [0.25, 0.3) is 0 Å². The normalized spacial score (nSPS) is 16.6. The molecule has 25 heavy (non-hydrogen) atoms. The van der Waals surface area contributed by atoms with Crippen molar-refractivity contribution < 1.29 is 5.11 Å². The topological polar surface area (TPSA) is 72.7 Å². The Morgan fingerprint density at radius 2 is 2.08 bits per heavy atom. The van der Waals surface area contributed by atoms with E-state index in [1.54, 1.807) is 9.80 Å². The van der Waals surface area contributed by atoms with Crippen molar-refractivity contribution in [1.29, 1.82) is 0 Å². The molecule has 0 fully saturated rings. The van der Waals surface area contributed by atoms with Gasteiger partial charge in [0.2, 0.25) is 6.35 Å². The van der Waals surface area contributed by atoms with Crippen LogP contribution in [0.25, 0.3) is 16.8 Å². The molecule has 1 aliphatic heterocycles. The monoisotopic (exact) mass is 332 g/mol. The maximum absolute atomic E-state index is 10.6. The standard InChI is InChI=1S/C18H16N6O/c1-22-16-6-5-14(13-11-20-23-9-3-2-4-15(13)23)21-17(16)24(18(22)25)12-7-8-19-10-12/h2-11,18-19,25H,1H3/t18-/m1/s1. The van der Waals surface area contributed by atoms with Crippen molar-refractivity contribution in [3.05, 3.63) is 61.2 Å². The SMILES string of the molecule is CN1c2ccc(-c3cnn4ccccc34)nc2N(c2cc[nH]c2)[C@@H]1O. The van der Waals surface area contributed by atoms with E-state index in [0.29, 0.717) is 0 Å². The summed E-state index contributed by atoms with van der Waals surface area (Å²) in [6.45, 7) is 0. The third kappa shape index (κ3) is 1.96. The van der Waals surface area contributed by atoms with Crippen molar-refractivity contribution in [1.82, 2.24) is 19.6 Å². The molecular formula is C18H16N6O. The molecule has 5 rings (SSSR count). The van der Waals surface area contributed by atoms with Crippen molar-refractivity contribution >= 4 is 22.7 Å². The molecule has 0 bridgehead atoms. The van der Waals surface area contributed by atoms with Crippen molar-refractivity contribution in [2.75, 3.05) is 16.8 Å². The minimum absolute atomic E-state index is 0.724. The molecule has 124 valence electrons. The van der Waals surface area contributed by atoms with E-state index < -0.39 is 6.35 Å². The van der Waals surface area contributed by atoms with Crippen LogP contribution in [0.15, 0.2) is 61.2 Å². The lowest BCUT2D eigenvalue weighted by Gasteiger charge is -2.24. The Morgan fingerprint density at radius 1 is 1.16 bits per heavy atom. The Labute approximate surface area is 143 Å². The zero-order chi connectivity index (χ0) is 17.0. The van der Waals surface area contributed by atoms with Gasteiger partial charge in [0, 0.05) is 31.2 Å². The number of nitrogens with zero attached hydrogens (tertiary/aromatic N) is 5. The minimum atomic E-state index is -0.794. The fourth-order valence-electron chi connectivity index (χ4n) is 3.30. The number of H-pyrrole nitrogens is 1. The van der Waals surface area contributed by atoms with E-state index >= 15 is 0 Å². The zero-order valence-electron chi connectivity index (χ0n) is 13.5. The highest BCUT2D eigenvalue weighted by molar-refractivity contribution is 5.84. The molecule has 0 unspecified atom stereocenters. The van der Waals surface area contributed by atoms with Crippen molar-refractivity contribution in [3.63, 3.8) is 0 Å². The number of aromatic amines is 1. The molecule has 7 heteroatoms. The summed E-state index contributed by atoms with van der Waals surface area (Å²) in [6, 6.07) is 11.8. The Bertz CT molecular complexity index is 1050. The molecule has 1 aliphatic rings. The lowest BCUT2D eigenvalue weighted by atomic mass is 10.1. The number of aliphatic hydroxyl groups excluding tert-OH is 1. The number of hydrogen-bond acceptors (Lipinski definition) is 5. The molecular weight excluding hydrogens is 316 g/mol. The Hall–Kier alpha value is -3.32. The molecule has 4 aromatic rings. The molecule has 1 atom stereocenters. The number of rotatable bonds is 2. The predicted molar refractivity (Wildman–Crippen MR) is 95.8 cm³/mol. The zero-order valence-corrected chi connectivity index (χ0v) is 13.5. The maximum atomic E-state index is 10.6. The Morgan fingerprint density at radius 3 is 2.92 bits per heavy atom. The predicted octanol–water partition coefficient (Wildman–Crippen LogP) is 2.59. The summed E-state index contributed by atoms with van der Waals surface area (Å²) in [5, 5.41) is 15.0. The van der Waals surface area contributed by atoms with Crippen molar-refractivity contribution in [3.8, 4) is 11.3 Å². The number of nitrogens with one attached hydrogen (secondary N) is 1. The molecule has 0 spiro atoms. The van der Waals surface area contributed by atoms with Crippen LogP contribution in [0.1, 0.15) is 0 Å². The average Bonchev–Trinajstić information content (AvgIpc) is 3.35. The van der Waals surface area contributed by atoms with Gasteiger partial charge in [-0.2, -0.15) is 5.10 Å². The maximum Gasteiger partial charge on any atom is 0.213 e. The third-order valence-electron chi connectivity index (χ3n) is 4.60. The van der Waals surface area contributed by atoms with Crippen LogP contribution in [-0.4, -0.2) is 38.1 Å². The first kappa shape index (κ1) is 14.1. The Kier molecular flexibility index (Phi) is 2.86. The van der Waals surface area contributed by atoms with Crippen molar-refractivity contribution in [2.24, 2.45) is 0 Å². The number of anilines is 3. The van der Waals surface area contributed by atoms with E-state index in [2.05, 4.69) is 10.1 Å². The third-order valence-corrected chi connectivity index (χ3v) is 4.60. The van der Waals surface area contributed by atoms with Gasteiger partial charge < -0.3 is 15.0 Å². The largest absolute Gasteiger partial charge is 0.366 e. The van der Waals surface area contributed by atoms with E-state index in [1.165, 1.54) is 0 Å². The van der Waals surface area contributed by atoms with Crippen LogP contribution in [0.4, 0.5) is 17.2 Å². The summed E-state index contributed by atoms with van der Waals surface area (Å²) in [5.41, 5.74) is 4.52. The van der Waals surface area contributed by atoms with Gasteiger partial charge >= 0.3 is 0 Å². The molecule has 4 aromatic heterocycles. The summed E-state index contributed by atoms with van der Waals surface area (Å²) in [4.78, 5) is 11.5. The number of hydrogen-bond donors (Lipinski definition) is 2. The van der Waals surface area contributed by atoms with E-state index in [9.17, 15) is 5.11 Å². The average molecular weight is 332 g/mol. The molecule has 0 aromatic carbocycles. The minimum Gasteiger partial charge on any atom is -0.366 e. The molecule has 0 amide bonds. The first-order valence-corrected chi connectivity index (χ1v) is 8.01. The van der Waals surface area contributed by atoms with Crippen LogP contribution in [-0.2, 0) is 0 Å². The molecule has 0 radical (unpaired) electrons. The number of pyridine rings is 2. The molecule has 7 nitrogen and oxygen atoms in total. The smallest absolute Gasteiger partial charge is 0.213 e. The van der Waals surface area contributed by atoms with Crippen LogP contribution < -0.4 is 9.80 Å². The first-order valence-electron chi connectivity index (χ1n) is 8.01. The summed E-state index contributed by atoms with van der Waals surface area (Å²) in [7, 11) is 1.85. The van der Waals surface area contributed by atoms with Crippen LogP contribution >= 0.6 is 0 Å².